The molecule has 0 bridgehead atoms. The third-order valence-corrected chi connectivity index (χ3v) is 9.16. The lowest BCUT2D eigenvalue weighted by molar-refractivity contribution is 0.319. The van der Waals surface area contributed by atoms with E-state index in [0.29, 0.717) is 25.9 Å². The Morgan fingerprint density at radius 2 is 1.57 bits per heavy atom. The zero-order valence-electron chi connectivity index (χ0n) is 19.8. The van der Waals surface area contributed by atoms with Crippen molar-refractivity contribution in [3.63, 3.8) is 0 Å². The van der Waals surface area contributed by atoms with E-state index < -0.39 is 21.7 Å². The van der Waals surface area contributed by atoms with Crippen molar-refractivity contribution in [2.24, 2.45) is 0 Å². The van der Waals surface area contributed by atoms with Gasteiger partial charge in [0.2, 0.25) is 10.0 Å². The number of aromatic nitrogens is 1. The molecule has 4 nitrogen and oxygen atoms in total. The van der Waals surface area contributed by atoms with Crippen LogP contribution in [0.4, 0.5) is 8.78 Å². The standard InChI is InChI=1S/C28H28F2N2O2S/c1-19-7-3-4-8-22(19)18-32-20(2)28(24-9-5-6-10-27(24)32)21-13-15-31(16-14-21)35(33,34)23-11-12-25(29)26(30)17-23/h3-12,17,21H,13-16,18H2,1-2H3. The first-order valence-electron chi connectivity index (χ1n) is 11.8. The van der Waals surface area contributed by atoms with Gasteiger partial charge in [0.15, 0.2) is 11.6 Å². The van der Waals surface area contributed by atoms with Crippen LogP contribution in [-0.4, -0.2) is 30.4 Å². The van der Waals surface area contributed by atoms with Crippen molar-refractivity contribution >= 4 is 20.9 Å². The SMILES string of the molecule is Cc1ccccc1Cn1c(C)c(C2CCN(S(=O)(=O)c3ccc(F)c(F)c3)CC2)c2ccccc21. The van der Waals surface area contributed by atoms with E-state index in [4.69, 9.17) is 0 Å². The Labute approximate surface area is 204 Å². The number of sulfonamides is 1. The maximum Gasteiger partial charge on any atom is 0.243 e. The summed E-state index contributed by atoms with van der Waals surface area (Å²) in [5, 5.41) is 1.21. The zero-order valence-corrected chi connectivity index (χ0v) is 20.7. The first-order valence-corrected chi connectivity index (χ1v) is 13.3. The summed E-state index contributed by atoms with van der Waals surface area (Å²) in [6.07, 6.45) is 1.34. The van der Waals surface area contributed by atoms with Gasteiger partial charge in [-0.1, -0.05) is 42.5 Å². The number of nitrogens with zero attached hydrogens (tertiary/aromatic N) is 2. The second kappa shape index (κ2) is 9.21. The number of hydrogen-bond donors (Lipinski definition) is 0. The van der Waals surface area contributed by atoms with Crippen LogP contribution >= 0.6 is 0 Å². The van der Waals surface area contributed by atoms with Crippen LogP contribution in [0.25, 0.3) is 10.9 Å². The molecule has 1 fully saturated rings. The Hall–Kier alpha value is -3.03. The predicted molar refractivity (Wildman–Crippen MR) is 134 cm³/mol. The monoisotopic (exact) mass is 494 g/mol. The molecule has 35 heavy (non-hydrogen) atoms. The van der Waals surface area contributed by atoms with Crippen LogP contribution in [0.15, 0.2) is 71.6 Å². The highest BCUT2D eigenvalue weighted by atomic mass is 32.2. The van der Waals surface area contributed by atoms with Gasteiger partial charge >= 0.3 is 0 Å². The Balaban J connectivity index is 1.43. The third kappa shape index (κ3) is 4.28. The van der Waals surface area contributed by atoms with E-state index in [1.54, 1.807) is 0 Å². The minimum absolute atomic E-state index is 0.208. The number of para-hydroxylation sites is 1. The number of halogens is 2. The zero-order chi connectivity index (χ0) is 24.7. The number of aryl methyl sites for hydroxylation is 1. The fourth-order valence-corrected chi connectivity index (χ4v) is 6.79. The van der Waals surface area contributed by atoms with E-state index in [9.17, 15) is 17.2 Å². The molecule has 0 aliphatic carbocycles. The van der Waals surface area contributed by atoms with E-state index in [0.717, 1.165) is 24.7 Å². The Morgan fingerprint density at radius 1 is 0.886 bits per heavy atom. The number of rotatable bonds is 5. The fraction of sp³-hybridized carbons (Fsp3) is 0.286. The average molecular weight is 495 g/mol. The first-order chi connectivity index (χ1) is 16.8. The molecular weight excluding hydrogens is 466 g/mol. The quantitative estimate of drug-likeness (QED) is 0.334. The molecule has 0 unspecified atom stereocenters. The van der Waals surface area contributed by atoms with Gasteiger partial charge < -0.3 is 4.57 Å². The molecule has 0 amide bonds. The summed E-state index contributed by atoms with van der Waals surface area (Å²) in [5.41, 5.74) is 6.19. The van der Waals surface area contributed by atoms with E-state index in [1.165, 1.54) is 37.6 Å². The maximum atomic E-state index is 13.7. The van der Waals surface area contributed by atoms with E-state index in [2.05, 4.69) is 54.8 Å². The predicted octanol–water partition coefficient (Wildman–Crippen LogP) is 6.15. The number of fused-ring (bicyclic) bond motifs is 1. The molecule has 4 aromatic rings. The summed E-state index contributed by atoms with van der Waals surface area (Å²) >= 11 is 0. The van der Waals surface area contributed by atoms with Crippen LogP contribution in [0.1, 0.15) is 41.1 Å². The summed E-state index contributed by atoms with van der Waals surface area (Å²) < 4.78 is 56.8. The van der Waals surface area contributed by atoms with Crippen molar-refractivity contribution in [2.75, 3.05) is 13.1 Å². The second-order valence-corrected chi connectivity index (χ2v) is 11.2. The van der Waals surface area contributed by atoms with E-state index >= 15 is 0 Å². The molecular formula is C28H28F2N2O2S. The van der Waals surface area contributed by atoms with Crippen LogP contribution in [0, 0.1) is 25.5 Å². The summed E-state index contributed by atoms with van der Waals surface area (Å²) in [7, 11) is -3.88. The molecule has 0 spiro atoms. The molecule has 0 saturated carbocycles. The van der Waals surface area contributed by atoms with Crippen molar-refractivity contribution in [3.05, 3.63) is 101 Å². The van der Waals surface area contributed by atoms with Gasteiger partial charge in [0.05, 0.1) is 4.90 Å². The summed E-state index contributed by atoms with van der Waals surface area (Å²) in [6, 6.07) is 19.5. The second-order valence-electron chi connectivity index (χ2n) is 9.28. The van der Waals surface area contributed by atoms with E-state index in [-0.39, 0.29) is 10.8 Å². The number of piperidine rings is 1. The lowest BCUT2D eigenvalue weighted by Crippen LogP contribution is -2.38. The molecule has 1 saturated heterocycles. The van der Waals surface area contributed by atoms with Gasteiger partial charge in [-0.05, 0) is 73.6 Å². The molecule has 1 aliphatic rings. The van der Waals surface area contributed by atoms with E-state index in [1.807, 2.05) is 12.1 Å². The molecule has 3 aromatic carbocycles. The van der Waals surface area contributed by atoms with Crippen LogP contribution in [-0.2, 0) is 16.6 Å². The molecule has 1 aromatic heterocycles. The van der Waals surface area contributed by atoms with Crippen LogP contribution in [0.3, 0.4) is 0 Å². The smallest absolute Gasteiger partial charge is 0.243 e. The van der Waals surface area contributed by atoms with Crippen LogP contribution in [0.2, 0.25) is 0 Å². The molecule has 1 aliphatic heterocycles. The normalized spacial score (nSPS) is 15.7. The average Bonchev–Trinajstić information content (AvgIpc) is 3.13. The van der Waals surface area contributed by atoms with Crippen molar-refractivity contribution in [2.45, 2.75) is 44.0 Å². The molecule has 182 valence electrons. The first kappa shape index (κ1) is 23.7. The topological polar surface area (TPSA) is 42.3 Å². The molecule has 2 heterocycles. The molecule has 0 atom stereocenters. The number of hydrogen-bond acceptors (Lipinski definition) is 2. The van der Waals surface area contributed by atoms with Gasteiger partial charge in [-0.2, -0.15) is 4.31 Å². The Bertz CT molecular complexity index is 1500. The van der Waals surface area contributed by atoms with Crippen molar-refractivity contribution in [1.29, 1.82) is 0 Å². The molecule has 5 rings (SSSR count). The van der Waals surface area contributed by atoms with Gasteiger partial charge in [0.25, 0.3) is 0 Å². The number of benzene rings is 3. The highest BCUT2D eigenvalue weighted by Gasteiger charge is 2.32. The van der Waals surface area contributed by atoms with Gasteiger partial charge in [-0.15, -0.1) is 0 Å². The molecule has 0 radical (unpaired) electrons. The minimum atomic E-state index is -3.88. The van der Waals surface area contributed by atoms with Gasteiger partial charge in [-0.3, -0.25) is 0 Å². The van der Waals surface area contributed by atoms with Gasteiger partial charge in [0.1, 0.15) is 0 Å². The highest BCUT2D eigenvalue weighted by Crippen LogP contribution is 2.39. The summed E-state index contributed by atoms with van der Waals surface area (Å²) in [6.45, 7) is 5.73. The Kier molecular flexibility index (Phi) is 6.23. The Morgan fingerprint density at radius 3 is 2.29 bits per heavy atom. The minimum Gasteiger partial charge on any atom is -0.340 e. The summed E-state index contributed by atoms with van der Waals surface area (Å²) in [5.74, 6) is -1.99. The molecule has 0 N–H and O–H groups in total. The lowest BCUT2D eigenvalue weighted by Gasteiger charge is -2.31. The molecule has 7 heteroatoms. The van der Waals surface area contributed by atoms with Crippen LogP contribution in [0.5, 0.6) is 0 Å². The van der Waals surface area contributed by atoms with Crippen molar-refractivity contribution in [1.82, 2.24) is 8.87 Å². The third-order valence-electron chi connectivity index (χ3n) is 7.26. The van der Waals surface area contributed by atoms with Gasteiger partial charge in [0, 0.05) is 36.2 Å². The van der Waals surface area contributed by atoms with Crippen LogP contribution < -0.4 is 0 Å². The lowest BCUT2D eigenvalue weighted by atomic mass is 9.88. The van der Waals surface area contributed by atoms with Gasteiger partial charge in [-0.25, -0.2) is 17.2 Å². The fourth-order valence-electron chi connectivity index (χ4n) is 5.31. The summed E-state index contributed by atoms with van der Waals surface area (Å²) in [4.78, 5) is -0.208. The highest BCUT2D eigenvalue weighted by molar-refractivity contribution is 7.89. The largest absolute Gasteiger partial charge is 0.340 e. The maximum absolute atomic E-state index is 13.7. The van der Waals surface area contributed by atoms with Crippen molar-refractivity contribution < 1.29 is 17.2 Å². The van der Waals surface area contributed by atoms with Crippen molar-refractivity contribution in [3.8, 4) is 0 Å².